The molecule has 0 spiro atoms. The zero-order valence-electron chi connectivity index (χ0n) is 11.0. The third-order valence-corrected chi connectivity index (χ3v) is 3.76. The first kappa shape index (κ1) is 11.8. The average Bonchev–Trinajstić information content (AvgIpc) is 2.46. The number of benzene rings is 2. The summed E-state index contributed by atoms with van der Waals surface area (Å²) in [7, 11) is 0. The first-order valence-corrected chi connectivity index (χ1v) is 6.55. The lowest BCUT2D eigenvalue weighted by molar-refractivity contribution is -0.509. The minimum Gasteiger partial charge on any atom is -0.508 e. The fourth-order valence-corrected chi connectivity index (χ4v) is 2.78. The van der Waals surface area contributed by atoms with E-state index in [4.69, 9.17) is 0 Å². The number of aromatic hydroxyl groups is 3. The van der Waals surface area contributed by atoms with E-state index in [9.17, 15) is 15.3 Å². The van der Waals surface area contributed by atoms with E-state index in [1.54, 1.807) is 34.7 Å². The number of fused-ring (bicyclic) bond motifs is 4. The Morgan fingerprint density at radius 3 is 2.33 bits per heavy atom. The van der Waals surface area contributed by atoms with Gasteiger partial charge in [-0.25, -0.2) is 0 Å². The van der Waals surface area contributed by atoms with Crippen LogP contribution in [0, 0.1) is 0 Å². The summed E-state index contributed by atoms with van der Waals surface area (Å²) >= 11 is 0. The zero-order chi connectivity index (χ0) is 14.6. The van der Waals surface area contributed by atoms with Gasteiger partial charge in [0.2, 0.25) is 0 Å². The Labute approximate surface area is 119 Å². The van der Waals surface area contributed by atoms with E-state index in [1.165, 1.54) is 0 Å². The molecule has 0 fully saturated rings. The standard InChI is InChI=1S/C17H11NO3/c19-12-3-4-14-11(7-12)9-18-6-5-10-1-2-13(20)8-15(10)16(18)17(14)21/h1-9H,(H2-,19,20,21)/p+1. The summed E-state index contributed by atoms with van der Waals surface area (Å²) < 4.78 is 1.79. The van der Waals surface area contributed by atoms with E-state index in [0.717, 1.165) is 16.2 Å². The molecule has 0 saturated carbocycles. The van der Waals surface area contributed by atoms with Gasteiger partial charge in [-0.15, -0.1) is 0 Å². The van der Waals surface area contributed by atoms with Gasteiger partial charge in [0.25, 0.3) is 5.52 Å². The van der Waals surface area contributed by atoms with Gasteiger partial charge in [-0.3, -0.25) is 0 Å². The Balaban J connectivity index is 2.28. The van der Waals surface area contributed by atoms with Crippen LogP contribution in [0.2, 0.25) is 0 Å². The SMILES string of the molecule is Oc1ccc2c(O)c3c4cc(O)ccc4cc[n+]3cc2c1. The molecular formula is C17H12NO3+. The van der Waals surface area contributed by atoms with Crippen molar-refractivity contribution in [3.05, 3.63) is 54.9 Å². The van der Waals surface area contributed by atoms with Crippen molar-refractivity contribution in [2.24, 2.45) is 0 Å². The van der Waals surface area contributed by atoms with Crippen LogP contribution in [0.4, 0.5) is 0 Å². The lowest BCUT2D eigenvalue weighted by Gasteiger charge is -2.05. The van der Waals surface area contributed by atoms with E-state index < -0.39 is 0 Å². The molecule has 0 aliphatic rings. The van der Waals surface area contributed by atoms with Crippen LogP contribution in [0.15, 0.2) is 54.9 Å². The summed E-state index contributed by atoms with van der Waals surface area (Å²) in [5, 5.41) is 33.0. The Morgan fingerprint density at radius 1 is 0.714 bits per heavy atom. The van der Waals surface area contributed by atoms with Crippen molar-refractivity contribution in [2.75, 3.05) is 0 Å². The molecule has 4 rings (SSSR count). The molecule has 0 aliphatic heterocycles. The average molecular weight is 278 g/mol. The van der Waals surface area contributed by atoms with Gasteiger partial charge < -0.3 is 15.3 Å². The molecule has 2 aromatic carbocycles. The smallest absolute Gasteiger partial charge is 0.261 e. The first-order chi connectivity index (χ1) is 10.1. The molecule has 0 radical (unpaired) electrons. The molecule has 0 aliphatic carbocycles. The van der Waals surface area contributed by atoms with Gasteiger partial charge in [0.1, 0.15) is 11.5 Å². The van der Waals surface area contributed by atoms with E-state index in [1.807, 2.05) is 24.5 Å². The van der Waals surface area contributed by atoms with Gasteiger partial charge >= 0.3 is 0 Å². The lowest BCUT2D eigenvalue weighted by Crippen LogP contribution is -2.20. The van der Waals surface area contributed by atoms with Crippen molar-refractivity contribution < 1.29 is 19.7 Å². The predicted octanol–water partition coefficient (Wildman–Crippen LogP) is 2.85. The predicted molar refractivity (Wildman–Crippen MR) is 79.6 cm³/mol. The fourth-order valence-electron chi connectivity index (χ4n) is 2.78. The summed E-state index contributed by atoms with van der Waals surface area (Å²) in [5.41, 5.74) is 0.626. The maximum atomic E-state index is 10.6. The van der Waals surface area contributed by atoms with Crippen LogP contribution in [-0.4, -0.2) is 15.3 Å². The molecular weight excluding hydrogens is 266 g/mol. The normalized spacial score (nSPS) is 11.4. The summed E-state index contributed by atoms with van der Waals surface area (Å²) in [6.07, 6.45) is 3.69. The number of nitrogens with zero attached hydrogens (tertiary/aromatic N) is 1. The largest absolute Gasteiger partial charge is 0.508 e. The number of hydrogen-bond acceptors (Lipinski definition) is 3. The Morgan fingerprint density at radius 2 is 1.48 bits per heavy atom. The Bertz CT molecular complexity index is 1020. The molecule has 2 aromatic heterocycles. The molecule has 0 unspecified atom stereocenters. The minimum absolute atomic E-state index is 0.128. The molecule has 2 heterocycles. The van der Waals surface area contributed by atoms with Crippen molar-refractivity contribution in [1.29, 1.82) is 0 Å². The molecule has 0 atom stereocenters. The summed E-state index contributed by atoms with van der Waals surface area (Å²) in [5.74, 6) is 0.435. The van der Waals surface area contributed by atoms with Crippen molar-refractivity contribution >= 4 is 27.1 Å². The highest BCUT2D eigenvalue weighted by Gasteiger charge is 2.17. The third-order valence-electron chi connectivity index (χ3n) is 3.76. The first-order valence-electron chi connectivity index (χ1n) is 6.55. The Kier molecular flexibility index (Phi) is 2.24. The summed E-state index contributed by atoms with van der Waals surface area (Å²) in [6, 6.07) is 11.8. The topological polar surface area (TPSA) is 64.8 Å². The highest BCUT2D eigenvalue weighted by molar-refractivity contribution is 6.03. The number of pyridine rings is 2. The maximum Gasteiger partial charge on any atom is 0.261 e. The van der Waals surface area contributed by atoms with Crippen molar-refractivity contribution in [1.82, 2.24) is 0 Å². The molecule has 0 saturated heterocycles. The quantitative estimate of drug-likeness (QED) is 0.263. The van der Waals surface area contributed by atoms with Gasteiger partial charge in [0, 0.05) is 11.5 Å². The second-order valence-electron chi connectivity index (χ2n) is 5.09. The number of phenols is 2. The highest BCUT2D eigenvalue weighted by atomic mass is 16.3. The monoisotopic (exact) mass is 278 g/mol. The second-order valence-corrected chi connectivity index (χ2v) is 5.09. The van der Waals surface area contributed by atoms with E-state index in [0.29, 0.717) is 10.9 Å². The van der Waals surface area contributed by atoms with Crippen LogP contribution >= 0.6 is 0 Å². The molecule has 4 heteroatoms. The number of phenolic OH excluding ortho intramolecular Hbond substituents is 2. The molecule has 0 bridgehead atoms. The van der Waals surface area contributed by atoms with E-state index in [2.05, 4.69) is 0 Å². The van der Waals surface area contributed by atoms with Gasteiger partial charge in [-0.1, -0.05) is 6.07 Å². The maximum absolute atomic E-state index is 10.6. The molecule has 4 aromatic rings. The van der Waals surface area contributed by atoms with Crippen molar-refractivity contribution in [3.63, 3.8) is 0 Å². The molecule has 0 amide bonds. The van der Waals surface area contributed by atoms with Gasteiger partial charge in [-0.05, 0) is 35.7 Å². The molecule has 3 N–H and O–H groups in total. The number of hydrogen-bond donors (Lipinski definition) is 3. The molecule has 21 heavy (non-hydrogen) atoms. The summed E-state index contributed by atoms with van der Waals surface area (Å²) in [6.45, 7) is 0. The number of aromatic nitrogens is 1. The second kappa shape index (κ2) is 3.99. The van der Waals surface area contributed by atoms with Crippen LogP contribution < -0.4 is 4.40 Å². The van der Waals surface area contributed by atoms with Crippen molar-refractivity contribution in [2.45, 2.75) is 0 Å². The van der Waals surface area contributed by atoms with E-state index >= 15 is 0 Å². The van der Waals surface area contributed by atoms with Crippen LogP contribution in [0.25, 0.3) is 27.1 Å². The van der Waals surface area contributed by atoms with Crippen LogP contribution in [-0.2, 0) is 0 Å². The minimum atomic E-state index is 0.128. The van der Waals surface area contributed by atoms with Crippen LogP contribution in [0.1, 0.15) is 0 Å². The molecule has 4 nitrogen and oxygen atoms in total. The van der Waals surface area contributed by atoms with Crippen LogP contribution in [0.5, 0.6) is 17.2 Å². The van der Waals surface area contributed by atoms with Crippen molar-refractivity contribution in [3.8, 4) is 17.2 Å². The summed E-state index contributed by atoms with van der Waals surface area (Å²) in [4.78, 5) is 0. The number of rotatable bonds is 0. The Hall–Kier alpha value is -3.01. The van der Waals surface area contributed by atoms with Crippen LogP contribution in [0.3, 0.4) is 0 Å². The van der Waals surface area contributed by atoms with Gasteiger partial charge in [-0.2, -0.15) is 4.40 Å². The van der Waals surface area contributed by atoms with Gasteiger partial charge in [0.05, 0.1) is 10.8 Å². The fraction of sp³-hybridized carbons (Fsp3) is 0. The third kappa shape index (κ3) is 1.66. The molecule has 102 valence electrons. The van der Waals surface area contributed by atoms with E-state index in [-0.39, 0.29) is 17.2 Å². The highest BCUT2D eigenvalue weighted by Crippen LogP contribution is 2.33. The lowest BCUT2D eigenvalue weighted by atomic mass is 10.1. The van der Waals surface area contributed by atoms with Gasteiger partial charge in [0.15, 0.2) is 18.1 Å². The zero-order valence-corrected chi connectivity index (χ0v) is 11.0.